The van der Waals surface area contributed by atoms with E-state index in [0.717, 1.165) is 53.4 Å². The Balaban J connectivity index is 1.28. The van der Waals surface area contributed by atoms with Gasteiger partial charge in [0.2, 0.25) is 5.91 Å². The maximum Gasteiger partial charge on any atom is 0.265 e. The zero-order chi connectivity index (χ0) is 21.8. The second kappa shape index (κ2) is 9.92. The third-order valence-corrected chi connectivity index (χ3v) is 7.41. The molecule has 1 aromatic heterocycles. The number of ether oxygens (including phenoxy) is 1. The van der Waals surface area contributed by atoms with Crippen molar-refractivity contribution in [3.8, 4) is 10.6 Å². The predicted octanol–water partition coefficient (Wildman–Crippen LogP) is 3.96. The molecule has 0 unspecified atom stereocenters. The number of amides is 2. The Kier molecular flexibility index (Phi) is 7.02. The van der Waals surface area contributed by atoms with Gasteiger partial charge in [-0.1, -0.05) is 29.8 Å². The molecule has 6 nitrogen and oxygen atoms in total. The molecule has 31 heavy (non-hydrogen) atoms. The molecule has 1 N–H and O–H groups in total. The fraction of sp³-hybridized carbons (Fsp3) is 0.542. The third-order valence-electron chi connectivity index (χ3n) is 6.22. The summed E-state index contributed by atoms with van der Waals surface area (Å²) in [6.45, 7) is 6.78. The molecule has 2 fully saturated rings. The first-order valence-electron chi connectivity index (χ1n) is 11.2. The molecular weight excluding hydrogens is 410 g/mol. The summed E-state index contributed by atoms with van der Waals surface area (Å²) < 4.78 is 5.56. The number of nitrogens with one attached hydrogen (secondary N) is 1. The van der Waals surface area contributed by atoms with Gasteiger partial charge in [-0.3, -0.25) is 9.59 Å². The third kappa shape index (κ3) is 5.52. The minimum absolute atomic E-state index is 0.0645. The van der Waals surface area contributed by atoms with Crippen LogP contribution in [0.3, 0.4) is 0 Å². The number of carbonyl (C=O) groups excluding carboxylic acids is 2. The summed E-state index contributed by atoms with van der Waals surface area (Å²) in [6, 6.07) is 8.24. The number of aryl methyl sites for hydroxylation is 2. The number of likely N-dealkylation sites (tertiary alicyclic amines) is 1. The molecule has 0 saturated carbocycles. The Morgan fingerprint density at radius 2 is 1.90 bits per heavy atom. The number of rotatable bonds is 6. The zero-order valence-electron chi connectivity index (χ0n) is 18.4. The maximum absolute atomic E-state index is 13.1. The zero-order valence-corrected chi connectivity index (χ0v) is 19.2. The van der Waals surface area contributed by atoms with Crippen molar-refractivity contribution in [2.75, 3.05) is 26.2 Å². The van der Waals surface area contributed by atoms with Crippen molar-refractivity contribution in [1.29, 1.82) is 0 Å². The lowest BCUT2D eigenvalue weighted by molar-refractivity contribution is -0.122. The Bertz CT molecular complexity index is 911. The smallest absolute Gasteiger partial charge is 0.265 e. The van der Waals surface area contributed by atoms with Gasteiger partial charge in [-0.15, -0.1) is 11.3 Å². The lowest BCUT2D eigenvalue weighted by Crippen LogP contribution is -2.40. The van der Waals surface area contributed by atoms with Gasteiger partial charge in [0.15, 0.2) is 0 Å². The number of benzene rings is 1. The number of nitrogens with zero attached hydrogens (tertiary/aromatic N) is 2. The lowest BCUT2D eigenvalue weighted by Gasteiger charge is -2.31. The van der Waals surface area contributed by atoms with E-state index in [1.807, 2.05) is 11.8 Å². The van der Waals surface area contributed by atoms with Crippen LogP contribution in [0.5, 0.6) is 0 Å². The number of carbonyl (C=O) groups is 2. The minimum atomic E-state index is 0.0645. The van der Waals surface area contributed by atoms with Gasteiger partial charge < -0.3 is 15.0 Å². The summed E-state index contributed by atoms with van der Waals surface area (Å²) in [5.74, 6) is 0.496. The van der Waals surface area contributed by atoms with Gasteiger partial charge in [-0.05, 0) is 45.4 Å². The first-order chi connectivity index (χ1) is 15.0. The molecule has 0 radical (unpaired) electrons. The van der Waals surface area contributed by atoms with E-state index in [-0.39, 0.29) is 17.9 Å². The highest BCUT2D eigenvalue weighted by atomic mass is 32.1. The second-order valence-corrected chi connectivity index (χ2v) is 9.68. The number of thiazole rings is 1. The van der Waals surface area contributed by atoms with E-state index in [9.17, 15) is 9.59 Å². The largest absolute Gasteiger partial charge is 0.376 e. The number of hydrogen-bond acceptors (Lipinski definition) is 5. The van der Waals surface area contributed by atoms with Gasteiger partial charge in [-0.25, -0.2) is 4.98 Å². The van der Waals surface area contributed by atoms with Gasteiger partial charge in [-0.2, -0.15) is 0 Å². The van der Waals surface area contributed by atoms with Crippen LogP contribution in [0.15, 0.2) is 24.3 Å². The standard InChI is InChI=1S/C24H31N3O3S/c1-16-5-7-19(8-6-16)23-26-17(2)22(31-23)24(29)27-11-9-18(10-12-27)14-21(28)25-15-20-4-3-13-30-20/h5-8,18,20H,3-4,9-15H2,1-2H3,(H,25,28)/t20-/m0/s1. The van der Waals surface area contributed by atoms with Crippen LogP contribution in [-0.2, 0) is 9.53 Å². The summed E-state index contributed by atoms with van der Waals surface area (Å²) in [7, 11) is 0. The minimum Gasteiger partial charge on any atom is -0.376 e. The van der Waals surface area contributed by atoms with Gasteiger partial charge in [0.05, 0.1) is 11.8 Å². The van der Waals surface area contributed by atoms with E-state index >= 15 is 0 Å². The van der Waals surface area contributed by atoms with Crippen molar-refractivity contribution in [2.45, 2.75) is 52.1 Å². The van der Waals surface area contributed by atoms with E-state index < -0.39 is 0 Å². The molecule has 2 aromatic rings. The predicted molar refractivity (Wildman–Crippen MR) is 122 cm³/mol. The SMILES string of the molecule is Cc1ccc(-c2nc(C)c(C(=O)N3CCC(CC(=O)NC[C@@H]4CCCO4)CC3)s2)cc1. The number of piperidine rings is 1. The van der Waals surface area contributed by atoms with Gasteiger partial charge in [0.1, 0.15) is 9.88 Å². The van der Waals surface area contributed by atoms with Crippen molar-refractivity contribution in [2.24, 2.45) is 5.92 Å². The topological polar surface area (TPSA) is 71.5 Å². The van der Waals surface area contributed by atoms with Crippen LogP contribution in [-0.4, -0.2) is 54.0 Å². The molecule has 1 aromatic carbocycles. The second-order valence-electron chi connectivity index (χ2n) is 8.68. The molecule has 3 heterocycles. The fourth-order valence-corrected chi connectivity index (χ4v) is 5.31. The van der Waals surface area contributed by atoms with Crippen LogP contribution in [0.1, 0.15) is 53.0 Å². The van der Waals surface area contributed by atoms with E-state index in [1.54, 1.807) is 0 Å². The van der Waals surface area contributed by atoms with Crippen molar-refractivity contribution in [3.05, 3.63) is 40.4 Å². The molecule has 7 heteroatoms. The Morgan fingerprint density at radius 3 is 2.58 bits per heavy atom. The van der Waals surface area contributed by atoms with E-state index in [0.29, 0.717) is 32.0 Å². The molecule has 2 amide bonds. The highest BCUT2D eigenvalue weighted by Gasteiger charge is 2.28. The number of aromatic nitrogens is 1. The highest BCUT2D eigenvalue weighted by molar-refractivity contribution is 7.17. The molecule has 2 saturated heterocycles. The molecule has 0 spiro atoms. The summed E-state index contributed by atoms with van der Waals surface area (Å²) in [6.07, 6.45) is 4.55. The van der Waals surface area contributed by atoms with E-state index in [2.05, 4.69) is 41.5 Å². The van der Waals surface area contributed by atoms with Gasteiger partial charge >= 0.3 is 0 Å². The fourth-order valence-electron chi connectivity index (χ4n) is 4.27. The Labute approximate surface area is 188 Å². The monoisotopic (exact) mass is 441 g/mol. The normalized spacial score (nSPS) is 19.5. The van der Waals surface area contributed by atoms with Crippen molar-refractivity contribution >= 4 is 23.2 Å². The maximum atomic E-state index is 13.1. The van der Waals surface area contributed by atoms with Crippen molar-refractivity contribution in [1.82, 2.24) is 15.2 Å². The molecule has 2 aliphatic heterocycles. The molecule has 166 valence electrons. The average molecular weight is 442 g/mol. The van der Waals surface area contributed by atoms with Crippen LogP contribution >= 0.6 is 11.3 Å². The molecule has 0 aliphatic carbocycles. The molecule has 2 aliphatic rings. The molecule has 0 bridgehead atoms. The van der Waals surface area contributed by atoms with Gasteiger partial charge in [0.25, 0.3) is 5.91 Å². The number of hydrogen-bond donors (Lipinski definition) is 1. The molecule has 1 atom stereocenters. The molecule has 4 rings (SSSR count). The summed E-state index contributed by atoms with van der Waals surface area (Å²) >= 11 is 1.47. The quantitative estimate of drug-likeness (QED) is 0.736. The van der Waals surface area contributed by atoms with Crippen LogP contribution in [0.2, 0.25) is 0 Å². The summed E-state index contributed by atoms with van der Waals surface area (Å²) in [5.41, 5.74) is 3.04. The van der Waals surface area contributed by atoms with Crippen molar-refractivity contribution < 1.29 is 14.3 Å². The summed E-state index contributed by atoms with van der Waals surface area (Å²) in [5, 5.41) is 3.90. The van der Waals surface area contributed by atoms with Crippen LogP contribution < -0.4 is 5.32 Å². The first-order valence-corrected chi connectivity index (χ1v) is 12.0. The van der Waals surface area contributed by atoms with E-state index in [4.69, 9.17) is 4.74 Å². The highest BCUT2D eigenvalue weighted by Crippen LogP contribution is 2.30. The lowest BCUT2D eigenvalue weighted by atomic mass is 9.93. The Morgan fingerprint density at radius 1 is 1.16 bits per heavy atom. The van der Waals surface area contributed by atoms with Crippen LogP contribution in [0.25, 0.3) is 10.6 Å². The molecular formula is C24H31N3O3S. The van der Waals surface area contributed by atoms with Crippen LogP contribution in [0.4, 0.5) is 0 Å². The first kappa shape index (κ1) is 22.0. The summed E-state index contributed by atoms with van der Waals surface area (Å²) in [4.78, 5) is 32.6. The van der Waals surface area contributed by atoms with Crippen LogP contribution in [0, 0.1) is 19.8 Å². The average Bonchev–Trinajstić information content (AvgIpc) is 3.43. The van der Waals surface area contributed by atoms with E-state index in [1.165, 1.54) is 16.9 Å². The van der Waals surface area contributed by atoms with Gasteiger partial charge in [0, 0.05) is 38.2 Å². The van der Waals surface area contributed by atoms with Crippen molar-refractivity contribution in [3.63, 3.8) is 0 Å². The Hall–Kier alpha value is -2.25.